The molecule has 7 heteroatoms. The summed E-state index contributed by atoms with van der Waals surface area (Å²) in [6.07, 6.45) is 2.37. The Labute approximate surface area is 179 Å². The van der Waals surface area contributed by atoms with Crippen LogP contribution in [-0.4, -0.2) is 81.5 Å². The van der Waals surface area contributed by atoms with Crippen molar-refractivity contribution in [2.45, 2.75) is 25.8 Å². The van der Waals surface area contributed by atoms with Crippen molar-refractivity contribution in [1.82, 2.24) is 15.1 Å². The van der Waals surface area contributed by atoms with Crippen molar-refractivity contribution in [3.05, 3.63) is 34.9 Å². The number of benzene rings is 1. The molecule has 3 saturated heterocycles. The van der Waals surface area contributed by atoms with E-state index in [2.05, 4.69) is 34.2 Å². The molecule has 0 saturated carbocycles. The van der Waals surface area contributed by atoms with Crippen LogP contribution in [0.15, 0.2) is 29.3 Å². The highest BCUT2D eigenvalue weighted by Crippen LogP contribution is 2.38. The Bertz CT molecular complexity index is 685. The lowest BCUT2D eigenvalue weighted by molar-refractivity contribution is 0.0179. The first-order valence-electron chi connectivity index (χ1n) is 10.9. The smallest absolute Gasteiger partial charge is 0.194 e. The number of morpholine rings is 1. The molecule has 2 atom stereocenters. The lowest BCUT2D eigenvalue weighted by Gasteiger charge is -2.34. The van der Waals surface area contributed by atoms with E-state index in [4.69, 9.17) is 26.1 Å². The van der Waals surface area contributed by atoms with Crippen LogP contribution in [0, 0.1) is 5.41 Å². The van der Waals surface area contributed by atoms with Crippen molar-refractivity contribution >= 4 is 17.6 Å². The monoisotopic (exact) mass is 420 g/mol. The Morgan fingerprint density at radius 3 is 2.62 bits per heavy atom. The van der Waals surface area contributed by atoms with E-state index in [0.717, 1.165) is 76.7 Å². The van der Waals surface area contributed by atoms with Crippen LogP contribution in [-0.2, 0) is 9.47 Å². The number of likely N-dealkylation sites (tertiary alicyclic amines) is 1. The van der Waals surface area contributed by atoms with Gasteiger partial charge in [-0.25, -0.2) is 0 Å². The normalized spacial score (nSPS) is 27.0. The van der Waals surface area contributed by atoms with E-state index in [0.29, 0.717) is 5.41 Å². The van der Waals surface area contributed by atoms with Gasteiger partial charge in [-0.1, -0.05) is 23.7 Å². The summed E-state index contributed by atoms with van der Waals surface area (Å²) in [5, 5.41) is 4.29. The van der Waals surface area contributed by atoms with Gasteiger partial charge in [0.25, 0.3) is 0 Å². The summed E-state index contributed by atoms with van der Waals surface area (Å²) >= 11 is 6.13. The molecule has 1 aromatic carbocycles. The van der Waals surface area contributed by atoms with E-state index in [9.17, 15) is 0 Å². The fraction of sp³-hybridized carbons (Fsp3) is 0.682. The number of rotatable bonds is 5. The Kier molecular flexibility index (Phi) is 6.96. The van der Waals surface area contributed by atoms with Crippen molar-refractivity contribution in [2.75, 3.05) is 65.7 Å². The second-order valence-electron chi connectivity index (χ2n) is 8.38. The van der Waals surface area contributed by atoms with E-state index in [1.807, 2.05) is 12.1 Å². The summed E-state index contributed by atoms with van der Waals surface area (Å²) < 4.78 is 11.3. The number of aliphatic imine (C=N–C) groups is 1. The summed E-state index contributed by atoms with van der Waals surface area (Å²) in [6.45, 7) is 11.1. The zero-order valence-electron chi connectivity index (χ0n) is 17.4. The van der Waals surface area contributed by atoms with Gasteiger partial charge in [0.15, 0.2) is 5.96 Å². The first kappa shape index (κ1) is 20.9. The van der Waals surface area contributed by atoms with Crippen molar-refractivity contribution in [3.8, 4) is 0 Å². The van der Waals surface area contributed by atoms with Crippen LogP contribution in [0.25, 0.3) is 0 Å². The molecule has 3 aliphatic heterocycles. The Morgan fingerprint density at radius 2 is 1.93 bits per heavy atom. The number of hydrogen-bond acceptors (Lipinski definition) is 4. The molecule has 160 valence electrons. The molecule has 2 unspecified atom stereocenters. The van der Waals surface area contributed by atoms with Crippen LogP contribution in [0.5, 0.6) is 0 Å². The minimum atomic E-state index is 0.233. The van der Waals surface area contributed by atoms with Crippen molar-refractivity contribution in [3.63, 3.8) is 0 Å². The van der Waals surface area contributed by atoms with E-state index in [1.165, 1.54) is 18.4 Å². The first-order chi connectivity index (χ1) is 14.2. The van der Waals surface area contributed by atoms with Crippen molar-refractivity contribution < 1.29 is 9.47 Å². The minimum absolute atomic E-state index is 0.233. The zero-order chi connectivity index (χ0) is 20.1. The van der Waals surface area contributed by atoms with Crippen molar-refractivity contribution in [1.29, 1.82) is 0 Å². The topological polar surface area (TPSA) is 49.3 Å². The van der Waals surface area contributed by atoms with Crippen LogP contribution in [0.4, 0.5) is 0 Å². The molecule has 0 amide bonds. The maximum Gasteiger partial charge on any atom is 0.194 e. The van der Waals surface area contributed by atoms with Gasteiger partial charge in [0.1, 0.15) is 0 Å². The van der Waals surface area contributed by atoms with Crippen LogP contribution in [0.1, 0.15) is 31.4 Å². The fourth-order valence-electron chi connectivity index (χ4n) is 4.69. The number of guanidine groups is 1. The lowest BCUT2D eigenvalue weighted by atomic mass is 9.87. The van der Waals surface area contributed by atoms with E-state index in [-0.39, 0.29) is 6.04 Å². The highest BCUT2D eigenvalue weighted by Gasteiger charge is 2.42. The number of nitrogens with zero attached hydrogens (tertiary/aromatic N) is 3. The van der Waals surface area contributed by atoms with Gasteiger partial charge >= 0.3 is 0 Å². The Hall–Kier alpha value is -1.34. The third-order valence-corrected chi connectivity index (χ3v) is 6.66. The largest absolute Gasteiger partial charge is 0.381 e. The molecule has 1 N–H and O–H groups in total. The predicted octanol–water partition coefficient (Wildman–Crippen LogP) is 2.79. The molecule has 4 rings (SSSR count). The molecule has 29 heavy (non-hydrogen) atoms. The van der Waals surface area contributed by atoms with E-state index >= 15 is 0 Å². The molecule has 3 heterocycles. The quantitative estimate of drug-likeness (QED) is 0.586. The SMILES string of the molecule is CCNC(=NCC(c1ccc(Cl)cc1)N1CCOCC1)N1CCC2(CCOC2)C1. The van der Waals surface area contributed by atoms with Gasteiger partial charge in [0, 0.05) is 49.8 Å². The highest BCUT2D eigenvalue weighted by molar-refractivity contribution is 6.30. The Morgan fingerprint density at radius 1 is 1.14 bits per heavy atom. The fourth-order valence-corrected chi connectivity index (χ4v) is 4.82. The summed E-state index contributed by atoms with van der Waals surface area (Å²) in [5.74, 6) is 1.03. The molecule has 6 nitrogen and oxygen atoms in total. The molecule has 0 aliphatic carbocycles. The van der Waals surface area contributed by atoms with Gasteiger partial charge < -0.3 is 19.7 Å². The average Bonchev–Trinajstić information content (AvgIpc) is 3.39. The van der Waals surface area contributed by atoms with Gasteiger partial charge in [-0.2, -0.15) is 0 Å². The molecule has 0 radical (unpaired) electrons. The van der Waals surface area contributed by atoms with Gasteiger partial charge in [-0.15, -0.1) is 0 Å². The Balaban J connectivity index is 1.51. The lowest BCUT2D eigenvalue weighted by Crippen LogP contribution is -2.43. The van der Waals surface area contributed by atoms with Crippen LogP contribution in [0.2, 0.25) is 5.02 Å². The van der Waals surface area contributed by atoms with Gasteiger partial charge in [-0.05, 0) is 37.5 Å². The average molecular weight is 421 g/mol. The number of hydrogen-bond donors (Lipinski definition) is 1. The van der Waals surface area contributed by atoms with Gasteiger partial charge in [0.05, 0.1) is 32.4 Å². The number of nitrogens with one attached hydrogen (secondary N) is 1. The minimum Gasteiger partial charge on any atom is -0.381 e. The van der Waals surface area contributed by atoms with E-state index < -0.39 is 0 Å². The van der Waals surface area contributed by atoms with Gasteiger partial charge in [0.2, 0.25) is 0 Å². The van der Waals surface area contributed by atoms with Crippen LogP contribution < -0.4 is 5.32 Å². The van der Waals surface area contributed by atoms with Crippen molar-refractivity contribution in [2.24, 2.45) is 10.4 Å². The molecule has 3 fully saturated rings. The summed E-state index contributed by atoms with van der Waals surface area (Å²) in [6, 6.07) is 8.45. The molecule has 0 aromatic heterocycles. The van der Waals surface area contributed by atoms with E-state index in [1.54, 1.807) is 0 Å². The van der Waals surface area contributed by atoms with Crippen LogP contribution in [0.3, 0.4) is 0 Å². The summed E-state index contributed by atoms with van der Waals surface area (Å²) in [5.41, 5.74) is 1.59. The second kappa shape index (κ2) is 9.65. The standard InChI is InChI=1S/C22H33ClN4O2/c1-2-24-21(27-9-7-22(16-27)8-12-29-17-22)25-15-20(26-10-13-28-14-11-26)18-3-5-19(23)6-4-18/h3-6,20H,2,7-17H2,1H3,(H,24,25). The van der Waals surface area contributed by atoms with Gasteiger partial charge in [-0.3, -0.25) is 9.89 Å². The molecule has 3 aliphatic rings. The second-order valence-corrected chi connectivity index (χ2v) is 8.82. The summed E-state index contributed by atoms with van der Waals surface area (Å²) in [4.78, 5) is 10.0. The summed E-state index contributed by atoms with van der Waals surface area (Å²) in [7, 11) is 0. The van der Waals surface area contributed by atoms with Crippen LogP contribution >= 0.6 is 11.6 Å². The molecular weight excluding hydrogens is 388 g/mol. The first-order valence-corrected chi connectivity index (χ1v) is 11.3. The molecule has 0 bridgehead atoms. The maximum absolute atomic E-state index is 6.13. The predicted molar refractivity (Wildman–Crippen MR) is 117 cm³/mol. The molecular formula is C22H33ClN4O2. The number of halogens is 1. The molecule has 1 spiro atoms. The number of ether oxygens (including phenoxy) is 2. The zero-order valence-corrected chi connectivity index (χ0v) is 18.2. The maximum atomic E-state index is 6.13. The third kappa shape index (κ3) is 5.05. The third-order valence-electron chi connectivity index (χ3n) is 6.41. The molecule has 1 aromatic rings. The highest BCUT2D eigenvalue weighted by atomic mass is 35.5.